The Morgan fingerprint density at radius 3 is 2.45 bits per heavy atom. The van der Waals surface area contributed by atoms with E-state index in [0.717, 1.165) is 6.42 Å². The molecule has 11 heavy (non-hydrogen) atoms. The van der Waals surface area contributed by atoms with Crippen molar-refractivity contribution in [3.63, 3.8) is 0 Å². The topological polar surface area (TPSA) is 17.8 Å². The number of aromatic nitrogens is 2. The molecule has 0 amide bonds. The molecule has 0 aliphatic rings. The highest BCUT2D eigenvalue weighted by atomic mass is 127. The van der Waals surface area contributed by atoms with Crippen molar-refractivity contribution in [1.29, 1.82) is 0 Å². The van der Waals surface area contributed by atoms with Crippen LogP contribution in [0.15, 0.2) is 12.4 Å². The number of hydrogen-bond acceptors (Lipinski definition) is 1. The first-order valence-electron chi connectivity index (χ1n) is 3.77. The Morgan fingerprint density at radius 2 is 2.18 bits per heavy atom. The first-order valence-corrected chi connectivity index (χ1v) is 3.77. The maximum atomic E-state index is 4.20. The molecule has 1 rings (SSSR count). The van der Waals surface area contributed by atoms with Crippen molar-refractivity contribution >= 4 is 24.0 Å². The molecule has 0 aliphatic heterocycles. The largest absolute Gasteiger partial charge is 0.270 e. The Bertz CT molecular complexity index is 206. The molecule has 1 aromatic heterocycles. The van der Waals surface area contributed by atoms with E-state index in [-0.39, 0.29) is 24.0 Å². The zero-order valence-corrected chi connectivity index (χ0v) is 9.57. The number of halogens is 1. The fourth-order valence-corrected chi connectivity index (χ4v) is 0.842. The zero-order valence-electron chi connectivity index (χ0n) is 7.24. The number of rotatable bonds is 2. The van der Waals surface area contributed by atoms with Crippen LogP contribution in [0.5, 0.6) is 0 Å². The molecular formula is C8H15IN2. The highest BCUT2D eigenvalue weighted by Gasteiger charge is 1.98. The fourth-order valence-electron chi connectivity index (χ4n) is 0.842. The van der Waals surface area contributed by atoms with Crippen LogP contribution in [0, 0.1) is 0 Å². The van der Waals surface area contributed by atoms with E-state index < -0.39 is 0 Å². The summed E-state index contributed by atoms with van der Waals surface area (Å²) < 4.78 is 1.98. The third-order valence-electron chi connectivity index (χ3n) is 1.59. The predicted octanol–water partition coefficient (Wildman–Crippen LogP) is 2.64. The van der Waals surface area contributed by atoms with Gasteiger partial charge in [-0.2, -0.15) is 5.10 Å². The molecule has 64 valence electrons. The maximum Gasteiger partial charge on any atom is 0.0521 e. The van der Waals surface area contributed by atoms with E-state index in [1.165, 1.54) is 5.56 Å². The van der Waals surface area contributed by atoms with Gasteiger partial charge >= 0.3 is 0 Å². The van der Waals surface area contributed by atoms with Crippen molar-refractivity contribution in [2.45, 2.75) is 33.2 Å². The smallest absolute Gasteiger partial charge is 0.0521 e. The summed E-state index contributed by atoms with van der Waals surface area (Å²) in [5.41, 5.74) is 1.31. The van der Waals surface area contributed by atoms with Gasteiger partial charge in [0.15, 0.2) is 0 Å². The summed E-state index contributed by atoms with van der Waals surface area (Å²) in [5, 5.41) is 4.20. The molecule has 1 heterocycles. The standard InChI is InChI=1S/C8H14N2.HI/c1-4-8-5-9-10(6-8)7(2)3;/h5-7H,4H2,1-3H3;1H. The van der Waals surface area contributed by atoms with Crippen LogP contribution in [0.2, 0.25) is 0 Å². The molecule has 0 saturated carbocycles. The molecule has 0 spiro atoms. The lowest BCUT2D eigenvalue weighted by Gasteiger charge is -2.02. The van der Waals surface area contributed by atoms with Gasteiger partial charge in [0.05, 0.1) is 6.20 Å². The van der Waals surface area contributed by atoms with E-state index in [1.54, 1.807) is 0 Å². The normalized spacial score (nSPS) is 9.82. The average Bonchev–Trinajstić information content (AvgIpc) is 2.34. The highest BCUT2D eigenvalue weighted by Crippen LogP contribution is 2.04. The van der Waals surface area contributed by atoms with Crippen LogP contribution >= 0.6 is 24.0 Å². The molecule has 0 aliphatic carbocycles. The van der Waals surface area contributed by atoms with Crippen molar-refractivity contribution < 1.29 is 0 Å². The minimum absolute atomic E-state index is 0. The first-order chi connectivity index (χ1) is 4.74. The van der Waals surface area contributed by atoms with Gasteiger partial charge in [-0.3, -0.25) is 4.68 Å². The van der Waals surface area contributed by atoms with Gasteiger partial charge in [-0.15, -0.1) is 24.0 Å². The van der Waals surface area contributed by atoms with E-state index >= 15 is 0 Å². The van der Waals surface area contributed by atoms with Gasteiger partial charge in [0, 0.05) is 12.2 Å². The molecule has 0 bridgehead atoms. The monoisotopic (exact) mass is 266 g/mol. The summed E-state index contributed by atoms with van der Waals surface area (Å²) in [4.78, 5) is 0. The van der Waals surface area contributed by atoms with Gasteiger partial charge in [-0.05, 0) is 25.8 Å². The lowest BCUT2D eigenvalue weighted by molar-refractivity contribution is 0.532. The van der Waals surface area contributed by atoms with E-state index in [9.17, 15) is 0 Å². The van der Waals surface area contributed by atoms with Gasteiger partial charge in [0.2, 0.25) is 0 Å². The molecule has 0 radical (unpaired) electrons. The maximum absolute atomic E-state index is 4.20. The molecule has 0 aromatic carbocycles. The first kappa shape index (κ1) is 10.9. The highest BCUT2D eigenvalue weighted by molar-refractivity contribution is 14.0. The molecule has 0 saturated heterocycles. The SMILES string of the molecule is CCc1cnn(C(C)C)c1.I. The Balaban J connectivity index is 0.000001000. The Hall–Kier alpha value is -0.0600. The van der Waals surface area contributed by atoms with Crippen LogP contribution in [0.3, 0.4) is 0 Å². The van der Waals surface area contributed by atoms with Crippen LogP contribution in [-0.4, -0.2) is 9.78 Å². The van der Waals surface area contributed by atoms with E-state index in [0.29, 0.717) is 6.04 Å². The van der Waals surface area contributed by atoms with Crippen molar-refractivity contribution in [2.24, 2.45) is 0 Å². The van der Waals surface area contributed by atoms with Crippen molar-refractivity contribution in [2.75, 3.05) is 0 Å². The lowest BCUT2D eigenvalue weighted by Crippen LogP contribution is -1.99. The third-order valence-corrected chi connectivity index (χ3v) is 1.59. The minimum Gasteiger partial charge on any atom is -0.270 e. The Kier molecular flexibility index (Phi) is 4.72. The van der Waals surface area contributed by atoms with Crippen LogP contribution in [-0.2, 0) is 6.42 Å². The summed E-state index contributed by atoms with van der Waals surface area (Å²) in [6.07, 6.45) is 5.11. The van der Waals surface area contributed by atoms with Gasteiger partial charge in [-0.25, -0.2) is 0 Å². The van der Waals surface area contributed by atoms with E-state index in [2.05, 4.69) is 32.1 Å². The lowest BCUT2D eigenvalue weighted by atomic mass is 10.3. The van der Waals surface area contributed by atoms with Gasteiger partial charge < -0.3 is 0 Å². The van der Waals surface area contributed by atoms with Gasteiger partial charge in [0.25, 0.3) is 0 Å². The molecule has 0 unspecified atom stereocenters. The van der Waals surface area contributed by atoms with Crippen molar-refractivity contribution in [3.8, 4) is 0 Å². The van der Waals surface area contributed by atoms with Crippen molar-refractivity contribution in [3.05, 3.63) is 18.0 Å². The fraction of sp³-hybridized carbons (Fsp3) is 0.625. The molecule has 3 heteroatoms. The second-order valence-electron chi connectivity index (χ2n) is 2.78. The second-order valence-corrected chi connectivity index (χ2v) is 2.78. The van der Waals surface area contributed by atoms with E-state index in [1.807, 2.05) is 10.9 Å². The summed E-state index contributed by atoms with van der Waals surface area (Å²) in [6.45, 7) is 6.40. The van der Waals surface area contributed by atoms with Gasteiger partial charge in [-0.1, -0.05) is 6.92 Å². The van der Waals surface area contributed by atoms with Crippen molar-refractivity contribution in [1.82, 2.24) is 9.78 Å². The number of aryl methyl sites for hydroxylation is 1. The van der Waals surface area contributed by atoms with Crippen LogP contribution in [0.1, 0.15) is 32.4 Å². The third kappa shape index (κ3) is 2.81. The summed E-state index contributed by atoms with van der Waals surface area (Å²) in [5.74, 6) is 0. The molecule has 0 N–H and O–H groups in total. The average molecular weight is 266 g/mol. The zero-order chi connectivity index (χ0) is 7.56. The van der Waals surface area contributed by atoms with Crippen LogP contribution < -0.4 is 0 Å². The number of hydrogen-bond donors (Lipinski definition) is 0. The van der Waals surface area contributed by atoms with Crippen LogP contribution in [0.25, 0.3) is 0 Å². The number of nitrogens with zero attached hydrogens (tertiary/aromatic N) is 2. The molecule has 2 nitrogen and oxygen atoms in total. The molecule has 0 fully saturated rings. The summed E-state index contributed by atoms with van der Waals surface area (Å²) in [6, 6.07) is 0.486. The quantitative estimate of drug-likeness (QED) is 0.752. The predicted molar refractivity (Wildman–Crippen MR) is 57.4 cm³/mol. The van der Waals surface area contributed by atoms with Crippen LogP contribution in [0.4, 0.5) is 0 Å². The molecule has 0 atom stereocenters. The van der Waals surface area contributed by atoms with Gasteiger partial charge in [0.1, 0.15) is 0 Å². The summed E-state index contributed by atoms with van der Waals surface area (Å²) >= 11 is 0. The Morgan fingerprint density at radius 1 is 1.55 bits per heavy atom. The Labute approximate surface area is 85.0 Å². The van der Waals surface area contributed by atoms with E-state index in [4.69, 9.17) is 0 Å². The second kappa shape index (κ2) is 4.74. The molecular weight excluding hydrogens is 251 g/mol. The minimum atomic E-state index is 0. The summed E-state index contributed by atoms with van der Waals surface area (Å²) in [7, 11) is 0. The molecule has 1 aromatic rings.